The van der Waals surface area contributed by atoms with E-state index in [9.17, 15) is 13.2 Å². The second-order valence-corrected chi connectivity index (χ2v) is 2.69. The van der Waals surface area contributed by atoms with E-state index in [1.165, 1.54) is 14.2 Å². The molecule has 0 bridgehead atoms. The Balaban J connectivity index is 3.18. The van der Waals surface area contributed by atoms with Gasteiger partial charge in [0.2, 0.25) is 0 Å². The standard InChI is InChI=1S/C9H10F3NO2/c1-14-9-5(4-13-15-2)8(12)6(10)3-7(9)11/h3,13H,4H2,1-2H3. The summed E-state index contributed by atoms with van der Waals surface area (Å²) in [6.45, 7) is -0.194. The molecule has 0 saturated heterocycles. The van der Waals surface area contributed by atoms with E-state index in [1.54, 1.807) is 0 Å². The first-order chi connectivity index (χ1) is 7.11. The molecule has 0 aliphatic carbocycles. The van der Waals surface area contributed by atoms with E-state index in [2.05, 4.69) is 15.1 Å². The predicted molar refractivity (Wildman–Crippen MR) is 46.7 cm³/mol. The summed E-state index contributed by atoms with van der Waals surface area (Å²) in [5.41, 5.74) is 2.03. The fourth-order valence-corrected chi connectivity index (χ4v) is 1.15. The molecular weight excluding hydrogens is 211 g/mol. The van der Waals surface area contributed by atoms with Gasteiger partial charge in [-0.05, 0) is 0 Å². The first kappa shape index (κ1) is 11.8. The van der Waals surface area contributed by atoms with Crippen LogP contribution in [-0.4, -0.2) is 14.2 Å². The fraction of sp³-hybridized carbons (Fsp3) is 0.333. The van der Waals surface area contributed by atoms with E-state index >= 15 is 0 Å². The minimum absolute atomic E-state index is 0.194. The van der Waals surface area contributed by atoms with Crippen LogP contribution in [0.4, 0.5) is 13.2 Å². The summed E-state index contributed by atoms with van der Waals surface area (Å²) < 4.78 is 43.8. The largest absolute Gasteiger partial charge is 0.493 e. The molecule has 0 heterocycles. The van der Waals surface area contributed by atoms with Gasteiger partial charge in [-0.15, -0.1) is 0 Å². The Hall–Kier alpha value is -1.27. The van der Waals surface area contributed by atoms with Gasteiger partial charge in [0.25, 0.3) is 0 Å². The quantitative estimate of drug-likeness (QED) is 0.620. The average molecular weight is 221 g/mol. The van der Waals surface area contributed by atoms with E-state index in [0.717, 1.165) is 0 Å². The average Bonchev–Trinajstić information content (AvgIpc) is 2.21. The van der Waals surface area contributed by atoms with Crippen molar-refractivity contribution in [1.82, 2.24) is 5.48 Å². The zero-order valence-electron chi connectivity index (χ0n) is 8.23. The number of hydrogen-bond donors (Lipinski definition) is 1. The summed E-state index contributed by atoms with van der Waals surface area (Å²) in [6.07, 6.45) is 0. The zero-order valence-corrected chi connectivity index (χ0v) is 8.23. The van der Waals surface area contributed by atoms with Crippen LogP contribution in [-0.2, 0) is 11.4 Å². The van der Waals surface area contributed by atoms with Crippen molar-refractivity contribution >= 4 is 0 Å². The Morgan fingerprint density at radius 3 is 2.40 bits per heavy atom. The van der Waals surface area contributed by atoms with Crippen LogP contribution >= 0.6 is 0 Å². The molecule has 0 atom stereocenters. The molecule has 84 valence electrons. The van der Waals surface area contributed by atoms with Crippen LogP contribution in [0.2, 0.25) is 0 Å². The molecule has 3 nitrogen and oxygen atoms in total. The third kappa shape index (κ3) is 2.40. The summed E-state index contributed by atoms with van der Waals surface area (Å²) in [5.74, 6) is -3.71. The number of hydroxylamine groups is 1. The highest BCUT2D eigenvalue weighted by Gasteiger charge is 2.19. The smallest absolute Gasteiger partial charge is 0.168 e. The van der Waals surface area contributed by atoms with Gasteiger partial charge >= 0.3 is 0 Å². The number of rotatable bonds is 4. The van der Waals surface area contributed by atoms with Gasteiger partial charge in [-0.25, -0.2) is 13.2 Å². The Bertz CT molecular complexity index is 358. The van der Waals surface area contributed by atoms with E-state index in [1.807, 2.05) is 0 Å². The maximum absolute atomic E-state index is 13.2. The Morgan fingerprint density at radius 2 is 1.87 bits per heavy atom. The van der Waals surface area contributed by atoms with Crippen LogP contribution in [0.5, 0.6) is 5.75 Å². The lowest BCUT2D eigenvalue weighted by atomic mass is 10.1. The van der Waals surface area contributed by atoms with Crippen molar-refractivity contribution in [3.8, 4) is 5.75 Å². The molecule has 0 aromatic heterocycles. The molecule has 0 amide bonds. The number of benzene rings is 1. The summed E-state index contributed by atoms with van der Waals surface area (Å²) >= 11 is 0. The van der Waals surface area contributed by atoms with Crippen LogP contribution in [0.15, 0.2) is 6.07 Å². The molecule has 1 aromatic rings. The van der Waals surface area contributed by atoms with Crippen molar-refractivity contribution in [3.63, 3.8) is 0 Å². The van der Waals surface area contributed by atoms with Crippen LogP contribution < -0.4 is 10.2 Å². The normalized spacial score (nSPS) is 10.5. The van der Waals surface area contributed by atoms with Crippen molar-refractivity contribution < 1.29 is 22.7 Å². The molecule has 0 aliphatic heterocycles. The zero-order chi connectivity index (χ0) is 11.4. The highest BCUT2D eigenvalue weighted by Crippen LogP contribution is 2.27. The lowest BCUT2D eigenvalue weighted by molar-refractivity contribution is 0.0849. The molecule has 1 rings (SSSR count). The highest BCUT2D eigenvalue weighted by molar-refractivity contribution is 5.36. The first-order valence-corrected chi connectivity index (χ1v) is 4.08. The van der Waals surface area contributed by atoms with Crippen LogP contribution in [0.25, 0.3) is 0 Å². The molecule has 1 N–H and O–H groups in total. The second-order valence-electron chi connectivity index (χ2n) is 2.69. The minimum Gasteiger partial charge on any atom is -0.493 e. The number of nitrogens with one attached hydrogen (secondary N) is 1. The number of ether oxygens (including phenoxy) is 1. The van der Waals surface area contributed by atoms with Crippen LogP contribution in [0.1, 0.15) is 5.56 Å². The predicted octanol–water partition coefficient (Wildman–Crippen LogP) is 1.76. The van der Waals surface area contributed by atoms with Crippen molar-refractivity contribution in [2.24, 2.45) is 0 Å². The van der Waals surface area contributed by atoms with Crippen LogP contribution in [0.3, 0.4) is 0 Å². The first-order valence-electron chi connectivity index (χ1n) is 4.08. The van der Waals surface area contributed by atoms with Crippen molar-refractivity contribution in [3.05, 3.63) is 29.1 Å². The Kier molecular flexibility index (Phi) is 3.93. The summed E-state index contributed by atoms with van der Waals surface area (Å²) in [4.78, 5) is 4.46. The summed E-state index contributed by atoms with van der Waals surface area (Å²) in [7, 11) is 2.48. The molecule has 15 heavy (non-hydrogen) atoms. The summed E-state index contributed by atoms with van der Waals surface area (Å²) in [6, 6.07) is 0.435. The van der Waals surface area contributed by atoms with Gasteiger partial charge in [0.05, 0.1) is 26.3 Å². The molecule has 0 saturated carbocycles. The van der Waals surface area contributed by atoms with Gasteiger partial charge in [-0.2, -0.15) is 5.48 Å². The van der Waals surface area contributed by atoms with Crippen molar-refractivity contribution in [2.75, 3.05) is 14.2 Å². The molecule has 0 fully saturated rings. The molecule has 0 spiro atoms. The maximum Gasteiger partial charge on any atom is 0.168 e. The Labute approximate surface area is 84.8 Å². The van der Waals surface area contributed by atoms with Gasteiger partial charge < -0.3 is 9.57 Å². The highest BCUT2D eigenvalue weighted by atomic mass is 19.2. The molecule has 0 aliphatic rings. The van der Waals surface area contributed by atoms with E-state index in [4.69, 9.17) is 0 Å². The lowest BCUT2D eigenvalue weighted by Crippen LogP contribution is -2.14. The SMILES string of the molecule is CONCc1c(F)c(F)cc(F)c1OC. The van der Waals surface area contributed by atoms with E-state index < -0.39 is 17.5 Å². The molecule has 6 heteroatoms. The third-order valence-electron chi connectivity index (χ3n) is 1.82. The van der Waals surface area contributed by atoms with Gasteiger partial charge in [-0.1, -0.05) is 0 Å². The monoisotopic (exact) mass is 221 g/mol. The number of hydrogen-bond acceptors (Lipinski definition) is 3. The van der Waals surface area contributed by atoms with E-state index in [0.29, 0.717) is 6.07 Å². The molecule has 0 radical (unpaired) electrons. The molecule has 1 aromatic carbocycles. The summed E-state index contributed by atoms with van der Waals surface area (Å²) in [5, 5.41) is 0. The van der Waals surface area contributed by atoms with Gasteiger partial charge in [0.15, 0.2) is 23.2 Å². The molecule has 0 unspecified atom stereocenters. The lowest BCUT2D eigenvalue weighted by Gasteiger charge is -2.11. The maximum atomic E-state index is 13.2. The topological polar surface area (TPSA) is 30.5 Å². The number of halogens is 3. The fourth-order valence-electron chi connectivity index (χ4n) is 1.15. The van der Waals surface area contributed by atoms with E-state index in [-0.39, 0.29) is 17.9 Å². The van der Waals surface area contributed by atoms with Gasteiger partial charge in [0.1, 0.15) is 0 Å². The van der Waals surface area contributed by atoms with Gasteiger partial charge in [-0.3, -0.25) is 0 Å². The van der Waals surface area contributed by atoms with Crippen molar-refractivity contribution in [2.45, 2.75) is 6.54 Å². The van der Waals surface area contributed by atoms with Crippen molar-refractivity contribution in [1.29, 1.82) is 0 Å². The second kappa shape index (κ2) is 4.99. The van der Waals surface area contributed by atoms with Gasteiger partial charge in [0, 0.05) is 6.07 Å². The molecular formula is C9H10F3NO2. The number of methoxy groups -OCH3 is 1. The Morgan fingerprint density at radius 1 is 1.20 bits per heavy atom. The third-order valence-corrected chi connectivity index (χ3v) is 1.82. The van der Waals surface area contributed by atoms with Crippen LogP contribution in [0, 0.1) is 17.5 Å². The minimum atomic E-state index is -1.26.